The first-order valence-corrected chi connectivity index (χ1v) is 10.1. The van der Waals surface area contributed by atoms with Gasteiger partial charge in [-0.05, 0) is 51.4 Å². The van der Waals surface area contributed by atoms with Crippen LogP contribution < -0.4 is 10.6 Å². The lowest BCUT2D eigenvalue weighted by atomic mass is 10.2. The molecule has 0 bridgehead atoms. The molecular weight excluding hydrogens is 498 g/mol. The Morgan fingerprint density at radius 2 is 2.07 bits per heavy atom. The summed E-state index contributed by atoms with van der Waals surface area (Å²) in [7, 11) is 0. The monoisotopic (exact) mass is 529 g/mol. The Kier molecular flexibility index (Phi) is 9.54. The molecule has 0 spiro atoms. The summed E-state index contributed by atoms with van der Waals surface area (Å²) in [5, 5.41) is 6.52. The van der Waals surface area contributed by atoms with Crippen molar-refractivity contribution in [1.82, 2.24) is 20.4 Å². The van der Waals surface area contributed by atoms with E-state index < -0.39 is 12.7 Å². The number of likely N-dealkylation sites (tertiary alicyclic amines) is 2. The lowest BCUT2D eigenvalue weighted by Gasteiger charge is -2.25. The second-order valence-corrected chi connectivity index (χ2v) is 7.47. The first-order chi connectivity index (χ1) is 13.4. The van der Waals surface area contributed by atoms with Gasteiger partial charge in [-0.1, -0.05) is 0 Å². The number of halogens is 4. The Morgan fingerprint density at radius 1 is 1.31 bits per heavy atom. The minimum absolute atomic E-state index is 0. The largest absolute Gasteiger partial charge is 0.468 e. The minimum atomic E-state index is -4.15. The molecule has 3 heterocycles. The summed E-state index contributed by atoms with van der Waals surface area (Å²) in [5.41, 5.74) is 0. The molecule has 2 saturated heterocycles. The van der Waals surface area contributed by atoms with Gasteiger partial charge in [0.1, 0.15) is 5.76 Å². The van der Waals surface area contributed by atoms with Gasteiger partial charge in [0.25, 0.3) is 0 Å². The summed E-state index contributed by atoms with van der Waals surface area (Å²) in [6.45, 7) is 5.24. The minimum Gasteiger partial charge on any atom is -0.468 e. The van der Waals surface area contributed by atoms with Crippen molar-refractivity contribution in [2.75, 3.05) is 45.8 Å². The highest BCUT2D eigenvalue weighted by molar-refractivity contribution is 14.0. The van der Waals surface area contributed by atoms with E-state index in [1.165, 1.54) is 17.7 Å². The molecule has 2 unspecified atom stereocenters. The number of guanidine groups is 1. The van der Waals surface area contributed by atoms with Crippen LogP contribution in [-0.4, -0.2) is 73.8 Å². The highest BCUT2D eigenvalue weighted by atomic mass is 127. The van der Waals surface area contributed by atoms with Crippen molar-refractivity contribution in [2.45, 2.75) is 44.4 Å². The zero-order valence-corrected chi connectivity index (χ0v) is 19.1. The maximum absolute atomic E-state index is 12.6. The number of furan rings is 1. The number of aliphatic imine (C=N–C) groups is 1. The van der Waals surface area contributed by atoms with Crippen LogP contribution in [-0.2, 0) is 0 Å². The lowest BCUT2D eigenvalue weighted by Crippen LogP contribution is -2.45. The fourth-order valence-corrected chi connectivity index (χ4v) is 3.96. The average molecular weight is 529 g/mol. The standard InChI is InChI=1S/C19H30F3N5O.HI/c1-2-23-18(25-15-7-10-26(13-15)14-19(20,21)22)24-12-16(17-6-5-11-28-17)27-8-3-4-9-27;/h5-6,11,15-16H,2-4,7-10,12-14H2,1H3,(H2,23,24,25);1H. The number of nitrogens with one attached hydrogen (secondary N) is 2. The van der Waals surface area contributed by atoms with E-state index in [-0.39, 0.29) is 36.1 Å². The molecular formula is C19H31F3IN5O. The van der Waals surface area contributed by atoms with Gasteiger partial charge in [-0.25, -0.2) is 0 Å². The molecule has 0 radical (unpaired) electrons. The van der Waals surface area contributed by atoms with Gasteiger partial charge in [0.15, 0.2) is 5.96 Å². The molecule has 1 aromatic rings. The molecule has 0 saturated carbocycles. The Morgan fingerprint density at radius 3 is 2.69 bits per heavy atom. The summed E-state index contributed by atoms with van der Waals surface area (Å²) in [5.74, 6) is 1.55. The number of nitrogens with zero attached hydrogens (tertiary/aromatic N) is 3. The van der Waals surface area contributed by atoms with E-state index in [4.69, 9.17) is 9.41 Å². The second-order valence-electron chi connectivity index (χ2n) is 7.47. The van der Waals surface area contributed by atoms with Gasteiger partial charge < -0.3 is 15.1 Å². The Hall–Kier alpha value is -1.01. The highest BCUT2D eigenvalue weighted by Gasteiger charge is 2.34. The van der Waals surface area contributed by atoms with Crippen LogP contribution in [0.4, 0.5) is 13.2 Å². The SMILES string of the molecule is CCNC(=NCC(c1ccco1)N1CCCC1)NC1CCN(CC(F)(F)F)C1.I. The lowest BCUT2D eigenvalue weighted by molar-refractivity contribution is -0.143. The maximum atomic E-state index is 12.6. The maximum Gasteiger partial charge on any atom is 0.401 e. The van der Waals surface area contributed by atoms with Crippen LogP contribution in [0, 0.1) is 0 Å². The van der Waals surface area contributed by atoms with Crippen molar-refractivity contribution in [3.63, 3.8) is 0 Å². The van der Waals surface area contributed by atoms with Crippen LogP contribution >= 0.6 is 24.0 Å². The van der Waals surface area contributed by atoms with Gasteiger partial charge in [-0.2, -0.15) is 13.2 Å². The summed E-state index contributed by atoms with van der Waals surface area (Å²) in [6.07, 6.45) is 0.555. The third-order valence-corrected chi connectivity index (χ3v) is 5.24. The topological polar surface area (TPSA) is 56.0 Å². The molecule has 2 atom stereocenters. The molecule has 3 rings (SSSR count). The van der Waals surface area contributed by atoms with Crippen molar-refractivity contribution in [3.8, 4) is 0 Å². The van der Waals surface area contributed by atoms with Crippen LogP contribution in [0.1, 0.15) is 38.0 Å². The molecule has 1 aromatic heterocycles. The predicted molar refractivity (Wildman–Crippen MR) is 118 cm³/mol. The predicted octanol–water partition coefficient (Wildman–Crippen LogP) is 3.23. The molecule has 166 valence electrons. The van der Waals surface area contributed by atoms with Crippen molar-refractivity contribution < 1.29 is 17.6 Å². The smallest absolute Gasteiger partial charge is 0.401 e. The van der Waals surface area contributed by atoms with Crippen LogP contribution in [0.25, 0.3) is 0 Å². The van der Waals surface area contributed by atoms with Crippen LogP contribution in [0.15, 0.2) is 27.8 Å². The number of alkyl halides is 3. The van der Waals surface area contributed by atoms with Crippen LogP contribution in [0.5, 0.6) is 0 Å². The van der Waals surface area contributed by atoms with Gasteiger partial charge in [0.2, 0.25) is 0 Å². The number of rotatable bonds is 7. The molecule has 0 aliphatic carbocycles. The fraction of sp³-hybridized carbons (Fsp3) is 0.737. The third kappa shape index (κ3) is 7.63. The highest BCUT2D eigenvalue weighted by Crippen LogP contribution is 2.26. The van der Waals surface area contributed by atoms with E-state index in [0.29, 0.717) is 38.6 Å². The van der Waals surface area contributed by atoms with E-state index in [1.807, 2.05) is 19.1 Å². The van der Waals surface area contributed by atoms with Crippen LogP contribution in [0.3, 0.4) is 0 Å². The van der Waals surface area contributed by atoms with Gasteiger partial charge in [0.05, 0.1) is 25.4 Å². The molecule has 0 aromatic carbocycles. The molecule has 2 aliphatic heterocycles. The van der Waals surface area contributed by atoms with Crippen molar-refractivity contribution in [1.29, 1.82) is 0 Å². The van der Waals surface area contributed by atoms with Crippen molar-refractivity contribution in [2.24, 2.45) is 4.99 Å². The molecule has 2 aliphatic rings. The molecule has 2 fully saturated rings. The quantitative estimate of drug-likeness (QED) is 0.323. The Labute approximate surface area is 187 Å². The van der Waals surface area contributed by atoms with Gasteiger partial charge in [0, 0.05) is 25.7 Å². The van der Waals surface area contributed by atoms with E-state index in [9.17, 15) is 13.2 Å². The van der Waals surface area contributed by atoms with Gasteiger partial charge in [-0.15, -0.1) is 24.0 Å². The average Bonchev–Trinajstić information content (AvgIpc) is 3.37. The molecule has 29 heavy (non-hydrogen) atoms. The van der Waals surface area contributed by atoms with Gasteiger partial charge in [-0.3, -0.25) is 14.8 Å². The molecule has 6 nitrogen and oxygen atoms in total. The fourth-order valence-electron chi connectivity index (χ4n) is 3.96. The van der Waals surface area contributed by atoms with Crippen molar-refractivity contribution >= 4 is 29.9 Å². The zero-order valence-electron chi connectivity index (χ0n) is 16.7. The third-order valence-electron chi connectivity index (χ3n) is 5.24. The zero-order chi connectivity index (χ0) is 20.0. The first-order valence-electron chi connectivity index (χ1n) is 10.1. The Balaban J connectivity index is 0.00000300. The summed E-state index contributed by atoms with van der Waals surface area (Å²) in [6, 6.07) is 3.91. The van der Waals surface area contributed by atoms with E-state index in [0.717, 1.165) is 18.8 Å². The normalized spacial score (nSPS) is 22.5. The number of hydrogen-bond donors (Lipinski definition) is 2. The van der Waals surface area contributed by atoms with Gasteiger partial charge >= 0.3 is 6.18 Å². The first kappa shape index (κ1) is 24.3. The van der Waals surface area contributed by atoms with E-state index in [2.05, 4.69) is 15.5 Å². The molecule has 0 amide bonds. The number of hydrogen-bond acceptors (Lipinski definition) is 4. The van der Waals surface area contributed by atoms with Crippen LogP contribution in [0.2, 0.25) is 0 Å². The van der Waals surface area contributed by atoms with E-state index >= 15 is 0 Å². The van der Waals surface area contributed by atoms with Crippen molar-refractivity contribution in [3.05, 3.63) is 24.2 Å². The summed E-state index contributed by atoms with van der Waals surface area (Å²) in [4.78, 5) is 8.55. The summed E-state index contributed by atoms with van der Waals surface area (Å²) < 4.78 is 43.4. The summed E-state index contributed by atoms with van der Waals surface area (Å²) >= 11 is 0. The molecule has 2 N–H and O–H groups in total. The van der Waals surface area contributed by atoms with E-state index in [1.54, 1.807) is 6.26 Å². The molecule has 10 heteroatoms. The second kappa shape index (κ2) is 11.4. The Bertz CT molecular complexity index is 620.